The first-order chi connectivity index (χ1) is 27.3. The van der Waals surface area contributed by atoms with Crippen molar-refractivity contribution in [2.24, 2.45) is 0 Å². The maximum atomic E-state index is 2.47. The Balaban J connectivity index is 1.20. The fraction of sp³-hybridized carbons (Fsp3) is 0.0189. The molecule has 258 valence electrons. The van der Waals surface area contributed by atoms with Crippen LogP contribution in [0.3, 0.4) is 0 Å². The number of hydrogen-bond acceptors (Lipinski definition) is 2. The van der Waals surface area contributed by atoms with Crippen LogP contribution in [0.1, 0.15) is 22.3 Å². The van der Waals surface area contributed by atoms with Gasteiger partial charge in [0.2, 0.25) is 0 Å². The van der Waals surface area contributed by atoms with Gasteiger partial charge in [-0.3, -0.25) is 0 Å². The Morgan fingerprint density at radius 1 is 0.364 bits per heavy atom. The summed E-state index contributed by atoms with van der Waals surface area (Å²) in [5.74, 6) is 0. The molecule has 0 unspecified atom stereocenters. The maximum absolute atomic E-state index is 2.47. The summed E-state index contributed by atoms with van der Waals surface area (Å²) in [5, 5.41) is 5.20. The highest BCUT2D eigenvalue weighted by Crippen LogP contribution is 2.57. The third-order valence-electron chi connectivity index (χ3n) is 11.5. The fourth-order valence-electron chi connectivity index (χ4n) is 9.29. The molecule has 11 rings (SSSR count). The molecule has 1 aliphatic carbocycles. The van der Waals surface area contributed by atoms with Crippen LogP contribution in [-0.2, 0) is 5.41 Å². The van der Waals surface area contributed by atoms with Crippen LogP contribution in [0.25, 0.3) is 53.2 Å². The number of rotatable bonds is 6. The Bertz CT molecular complexity index is 3000. The second-order valence-electron chi connectivity index (χ2n) is 14.4. The normalized spacial score (nSPS) is 12.9. The summed E-state index contributed by atoms with van der Waals surface area (Å²) in [4.78, 5) is 2.46. The van der Waals surface area contributed by atoms with E-state index >= 15 is 0 Å². The van der Waals surface area contributed by atoms with Gasteiger partial charge in [0.1, 0.15) is 0 Å². The van der Waals surface area contributed by atoms with Gasteiger partial charge in [0.25, 0.3) is 0 Å². The van der Waals surface area contributed by atoms with Crippen LogP contribution >= 0.6 is 11.3 Å². The van der Waals surface area contributed by atoms with E-state index in [9.17, 15) is 0 Å². The number of para-hydroxylation sites is 2. The van der Waals surface area contributed by atoms with Crippen molar-refractivity contribution in [2.75, 3.05) is 4.90 Å². The molecule has 0 N–H and O–H groups in total. The molecule has 0 atom stereocenters. The summed E-state index contributed by atoms with van der Waals surface area (Å²) in [6.07, 6.45) is 0. The van der Waals surface area contributed by atoms with Gasteiger partial charge in [0.05, 0.1) is 11.1 Å². The number of benzene rings is 9. The molecule has 9 aromatic carbocycles. The predicted octanol–water partition coefficient (Wildman–Crippen LogP) is 14.7. The third kappa shape index (κ3) is 4.78. The molecule has 1 heterocycles. The molecule has 55 heavy (non-hydrogen) atoms. The maximum Gasteiger partial charge on any atom is 0.0714 e. The molecule has 0 saturated carbocycles. The predicted molar refractivity (Wildman–Crippen MR) is 234 cm³/mol. The number of nitrogens with zero attached hydrogens (tertiary/aromatic N) is 1. The van der Waals surface area contributed by atoms with E-state index in [4.69, 9.17) is 0 Å². The Morgan fingerprint density at radius 3 is 1.76 bits per heavy atom. The molecule has 0 aliphatic heterocycles. The Morgan fingerprint density at radius 2 is 0.982 bits per heavy atom. The highest BCUT2D eigenvalue weighted by molar-refractivity contribution is 7.26. The topological polar surface area (TPSA) is 3.24 Å². The zero-order chi connectivity index (χ0) is 36.3. The van der Waals surface area contributed by atoms with Gasteiger partial charge in [-0.15, -0.1) is 11.3 Å². The van der Waals surface area contributed by atoms with E-state index in [1.807, 2.05) is 11.3 Å². The van der Waals surface area contributed by atoms with Gasteiger partial charge in [0.15, 0.2) is 0 Å². The van der Waals surface area contributed by atoms with E-state index in [0.717, 1.165) is 17.1 Å². The first-order valence-electron chi connectivity index (χ1n) is 18.9. The van der Waals surface area contributed by atoms with E-state index < -0.39 is 5.41 Å². The smallest absolute Gasteiger partial charge is 0.0714 e. The second-order valence-corrected chi connectivity index (χ2v) is 15.5. The minimum absolute atomic E-state index is 0.492. The van der Waals surface area contributed by atoms with Crippen LogP contribution in [0, 0.1) is 0 Å². The average Bonchev–Trinajstić information content (AvgIpc) is 3.79. The van der Waals surface area contributed by atoms with E-state index in [-0.39, 0.29) is 0 Å². The molecule has 10 aromatic rings. The summed E-state index contributed by atoms with van der Waals surface area (Å²) >= 11 is 1.88. The minimum atomic E-state index is -0.492. The summed E-state index contributed by atoms with van der Waals surface area (Å²) < 4.78 is 2.63. The molecule has 1 aliphatic rings. The van der Waals surface area contributed by atoms with Crippen molar-refractivity contribution in [1.82, 2.24) is 0 Å². The van der Waals surface area contributed by atoms with Crippen LogP contribution in [0.4, 0.5) is 17.1 Å². The van der Waals surface area contributed by atoms with Crippen molar-refractivity contribution in [3.63, 3.8) is 0 Å². The molecule has 0 bridgehead atoms. The summed E-state index contributed by atoms with van der Waals surface area (Å²) in [6, 6.07) is 78.3. The van der Waals surface area contributed by atoms with Crippen molar-refractivity contribution < 1.29 is 0 Å². The number of thiophene rings is 1. The average molecular weight is 718 g/mol. The van der Waals surface area contributed by atoms with Gasteiger partial charge in [-0.2, -0.15) is 0 Å². The Kier molecular flexibility index (Phi) is 7.33. The number of fused-ring (bicyclic) bond motifs is 8. The van der Waals surface area contributed by atoms with E-state index in [1.165, 1.54) is 75.5 Å². The second kappa shape index (κ2) is 12.7. The third-order valence-corrected chi connectivity index (χ3v) is 12.7. The quantitative estimate of drug-likeness (QED) is 0.166. The SMILES string of the molecule is c1ccc(N(c2ccc3c(c2)C(c2ccccc2)(c2ccccc2)c2ccccc2-3)c2ccccc2-c2cccc3ccc4sc5ccccc5c4c23)cc1. The van der Waals surface area contributed by atoms with E-state index in [1.54, 1.807) is 0 Å². The van der Waals surface area contributed by atoms with Gasteiger partial charge in [-0.1, -0.05) is 170 Å². The zero-order valence-corrected chi connectivity index (χ0v) is 30.9. The van der Waals surface area contributed by atoms with E-state index in [0.29, 0.717) is 0 Å². The molecule has 0 radical (unpaired) electrons. The van der Waals surface area contributed by atoms with Crippen LogP contribution in [-0.4, -0.2) is 0 Å². The fourth-order valence-corrected chi connectivity index (χ4v) is 10.4. The van der Waals surface area contributed by atoms with Gasteiger partial charge >= 0.3 is 0 Å². The highest BCUT2D eigenvalue weighted by Gasteiger charge is 2.46. The largest absolute Gasteiger partial charge is 0.310 e. The lowest BCUT2D eigenvalue weighted by Crippen LogP contribution is -2.28. The zero-order valence-electron chi connectivity index (χ0n) is 30.1. The number of hydrogen-bond donors (Lipinski definition) is 0. The summed E-state index contributed by atoms with van der Waals surface area (Å²) in [5.41, 5.74) is 13.0. The lowest BCUT2D eigenvalue weighted by atomic mass is 9.67. The van der Waals surface area contributed by atoms with Crippen molar-refractivity contribution in [1.29, 1.82) is 0 Å². The molecule has 0 spiro atoms. The van der Waals surface area contributed by atoms with Crippen LogP contribution < -0.4 is 4.90 Å². The molecule has 0 fully saturated rings. The molecular formula is C53H35NS. The van der Waals surface area contributed by atoms with Gasteiger partial charge < -0.3 is 4.90 Å². The Labute approximate surface area is 325 Å². The van der Waals surface area contributed by atoms with Crippen molar-refractivity contribution in [3.05, 3.63) is 235 Å². The van der Waals surface area contributed by atoms with Crippen molar-refractivity contribution in [2.45, 2.75) is 5.41 Å². The van der Waals surface area contributed by atoms with Crippen molar-refractivity contribution >= 4 is 59.3 Å². The standard InChI is InChI=1S/C53H35NS/c1-4-18-37(19-5-1)53(38-20-6-2-7-21-38)46-28-13-10-24-41(46)42-33-32-40(35-47(42)53)54(39-22-8-3-9-23-39)48-29-14-11-25-43(48)44-27-16-17-36-31-34-50-52(51(36)44)45-26-12-15-30-49(45)55-50/h1-35H. The summed E-state index contributed by atoms with van der Waals surface area (Å²) in [7, 11) is 0. The number of anilines is 3. The minimum Gasteiger partial charge on any atom is -0.310 e. The van der Waals surface area contributed by atoms with Crippen LogP contribution in [0.15, 0.2) is 212 Å². The van der Waals surface area contributed by atoms with Gasteiger partial charge in [0, 0.05) is 37.1 Å². The first kappa shape index (κ1) is 31.8. The van der Waals surface area contributed by atoms with Crippen molar-refractivity contribution in [3.8, 4) is 22.3 Å². The van der Waals surface area contributed by atoms with Crippen LogP contribution in [0.2, 0.25) is 0 Å². The lowest BCUT2D eigenvalue weighted by molar-refractivity contribution is 0.768. The van der Waals surface area contributed by atoms with Gasteiger partial charge in [-0.25, -0.2) is 0 Å². The molecule has 1 aromatic heterocycles. The Hall–Kier alpha value is -6.74. The highest BCUT2D eigenvalue weighted by atomic mass is 32.1. The molecule has 1 nitrogen and oxygen atoms in total. The molecule has 0 saturated heterocycles. The first-order valence-corrected chi connectivity index (χ1v) is 19.8. The van der Waals surface area contributed by atoms with E-state index in [2.05, 4.69) is 217 Å². The summed E-state index contributed by atoms with van der Waals surface area (Å²) in [6.45, 7) is 0. The molecule has 0 amide bonds. The van der Waals surface area contributed by atoms with Gasteiger partial charge in [-0.05, 0) is 92.2 Å². The molecule has 2 heteroatoms. The lowest BCUT2D eigenvalue weighted by Gasteiger charge is -2.35. The molecular weight excluding hydrogens is 683 g/mol. The van der Waals surface area contributed by atoms with Crippen LogP contribution in [0.5, 0.6) is 0 Å². The monoisotopic (exact) mass is 717 g/mol.